The third-order valence-corrected chi connectivity index (χ3v) is 5.08. The molecule has 3 heteroatoms. The lowest BCUT2D eigenvalue weighted by Gasteiger charge is -2.42. The lowest BCUT2D eigenvalue weighted by Crippen LogP contribution is -2.48. The summed E-state index contributed by atoms with van der Waals surface area (Å²) in [5, 5.41) is 0. The Bertz CT molecular complexity index is 295. The molecule has 0 aromatic carbocycles. The highest BCUT2D eigenvalue weighted by molar-refractivity contribution is 4.84. The van der Waals surface area contributed by atoms with Gasteiger partial charge in [-0.3, -0.25) is 4.90 Å². The molecule has 0 unspecified atom stereocenters. The molecule has 3 nitrogen and oxygen atoms in total. The Hall–Kier alpha value is -0.120. The normalized spacial score (nSPS) is 24.9. The molecule has 2 aliphatic heterocycles. The largest absolute Gasteiger partial charge is 0.375 e. The molecular weight excluding hydrogens is 260 g/mol. The zero-order chi connectivity index (χ0) is 15.5. The van der Waals surface area contributed by atoms with Crippen molar-refractivity contribution in [3.05, 3.63) is 0 Å². The predicted molar refractivity (Wildman–Crippen MR) is 89.7 cm³/mol. The summed E-state index contributed by atoms with van der Waals surface area (Å²) in [6.07, 6.45) is 6.07. The Morgan fingerprint density at radius 1 is 0.952 bits per heavy atom. The molecule has 0 amide bonds. The molecule has 0 aliphatic carbocycles. The molecule has 0 radical (unpaired) electrons. The second-order valence-corrected chi connectivity index (χ2v) is 8.29. The SMILES string of the molecule is CC(C)OC1CCN(CC2CCN(C(C)(C)C)CC2)CC1. The fraction of sp³-hybridized carbons (Fsp3) is 1.00. The molecule has 2 rings (SSSR count). The van der Waals surface area contributed by atoms with Gasteiger partial charge in [-0.2, -0.15) is 0 Å². The minimum absolute atomic E-state index is 0.345. The van der Waals surface area contributed by atoms with Gasteiger partial charge in [0, 0.05) is 25.2 Å². The van der Waals surface area contributed by atoms with Crippen LogP contribution in [0.15, 0.2) is 0 Å². The first-order chi connectivity index (χ1) is 9.84. The van der Waals surface area contributed by atoms with Gasteiger partial charge in [-0.25, -0.2) is 0 Å². The topological polar surface area (TPSA) is 15.7 Å². The van der Waals surface area contributed by atoms with E-state index in [1.165, 1.54) is 58.4 Å². The first-order valence-corrected chi connectivity index (χ1v) is 8.97. The van der Waals surface area contributed by atoms with Crippen LogP contribution in [0.2, 0.25) is 0 Å². The minimum Gasteiger partial charge on any atom is -0.375 e. The van der Waals surface area contributed by atoms with E-state index in [1.54, 1.807) is 0 Å². The summed E-state index contributed by atoms with van der Waals surface area (Å²) in [5.74, 6) is 0.908. The Labute approximate surface area is 132 Å². The number of hydrogen-bond donors (Lipinski definition) is 0. The summed E-state index contributed by atoms with van der Waals surface area (Å²) in [5.41, 5.74) is 0.345. The van der Waals surface area contributed by atoms with Crippen LogP contribution in [0, 0.1) is 5.92 Å². The summed E-state index contributed by atoms with van der Waals surface area (Å²) in [6, 6.07) is 0. The highest BCUT2D eigenvalue weighted by Gasteiger charge is 2.29. The summed E-state index contributed by atoms with van der Waals surface area (Å²) in [4.78, 5) is 5.32. The number of rotatable bonds is 4. The first-order valence-electron chi connectivity index (χ1n) is 8.97. The van der Waals surface area contributed by atoms with E-state index in [4.69, 9.17) is 4.74 Å². The molecule has 2 saturated heterocycles. The number of hydrogen-bond acceptors (Lipinski definition) is 3. The quantitative estimate of drug-likeness (QED) is 0.791. The van der Waals surface area contributed by atoms with Gasteiger partial charge in [0.15, 0.2) is 0 Å². The van der Waals surface area contributed by atoms with E-state index < -0.39 is 0 Å². The minimum atomic E-state index is 0.345. The van der Waals surface area contributed by atoms with Gasteiger partial charge in [0.25, 0.3) is 0 Å². The van der Waals surface area contributed by atoms with Crippen LogP contribution in [0.5, 0.6) is 0 Å². The highest BCUT2D eigenvalue weighted by atomic mass is 16.5. The Kier molecular flexibility index (Phi) is 6.10. The molecule has 124 valence electrons. The molecule has 0 spiro atoms. The molecule has 0 N–H and O–H groups in total. The van der Waals surface area contributed by atoms with Crippen LogP contribution in [0.3, 0.4) is 0 Å². The van der Waals surface area contributed by atoms with Crippen LogP contribution in [-0.4, -0.2) is 60.3 Å². The lowest BCUT2D eigenvalue weighted by atomic mass is 9.92. The highest BCUT2D eigenvalue weighted by Crippen LogP contribution is 2.25. The molecule has 0 bridgehead atoms. The molecule has 2 aliphatic rings. The smallest absolute Gasteiger partial charge is 0.0603 e. The van der Waals surface area contributed by atoms with Crippen LogP contribution in [0.4, 0.5) is 0 Å². The van der Waals surface area contributed by atoms with Gasteiger partial charge in [-0.05, 0) is 79.3 Å². The molecule has 0 atom stereocenters. The number of nitrogens with zero attached hydrogens (tertiary/aromatic N) is 2. The third kappa shape index (κ3) is 5.54. The molecule has 0 aromatic rings. The van der Waals surface area contributed by atoms with Gasteiger partial charge < -0.3 is 9.64 Å². The molecule has 0 aromatic heterocycles. The number of piperidine rings is 2. The Morgan fingerprint density at radius 3 is 2.00 bits per heavy atom. The van der Waals surface area contributed by atoms with Crippen molar-refractivity contribution in [2.45, 2.75) is 78.0 Å². The van der Waals surface area contributed by atoms with Crippen LogP contribution >= 0.6 is 0 Å². The van der Waals surface area contributed by atoms with E-state index in [-0.39, 0.29) is 0 Å². The maximum atomic E-state index is 5.95. The van der Waals surface area contributed by atoms with Gasteiger partial charge in [-0.1, -0.05) is 0 Å². The standard InChI is InChI=1S/C18H36N2O/c1-15(2)21-17-8-10-19(11-9-17)14-16-6-12-20(13-7-16)18(3,4)5/h15-17H,6-14H2,1-5H3. The second kappa shape index (κ2) is 7.43. The average molecular weight is 296 g/mol. The fourth-order valence-corrected chi connectivity index (χ4v) is 3.76. The number of ether oxygens (including phenoxy) is 1. The van der Waals surface area contributed by atoms with Gasteiger partial charge >= 0.3 is 0 Å². The van der Waals surface area contributed by atoms with Crippen molar-refractivity contribution in [2.24, 2.45) is 5.92 Å². The van der Waals surface area contributed by atoms with Crippen LogP contribution in [0.1, 0.15) is 60.3 Å². The third-order valence-electron chi connectivity index (χ3n) is 5.08. The van der Waals surface area contributed by atoms with Crippen LogP contribution in [-0.2, 0) is 4.74 Å². The summed E-state index contributed by atoms with van der Waals surface area (Å²) < 4.78 is 5.95. The van der Waals surface area contributed by atoms with Crippen molar-refractivity contribution in [2.75, 3.05) is 32.7 Å². The van der Waals surface area contributed by atoms with E-state index >= 15 is 0 Å². The number of likely N-dealkylation sites (tertiary alicyclic amines) is 2. The zero-order valence-corrected chi connectivity index (χ0v) is 14.9. The fourth-order valence-electron chi connectivity index (χ4n) is 3.76. The van der Waals surface area contributed by atoms with Gasteiger partial charge in [0.05, 0.1) is 12.2 Å². The summed E-state index contributed by atoms with van der Waals surface area (Å²) >= 11 is 0. The first kappa shape index (κ1) is 17.2. The second-order valence-electron chi connectivity index (χ2n) is 8.29. The van der Waals surface area contributed by atoms with Crippen molar-refractivity contribution in [3.63, 3.8) is 0 Å². The van der Waals surface area contributed by atoms with Gasteiger partial charge in [0.2, 0.25) is 0 Å². The molecule has 21 heavy (non-hydrogen) atoms. The van der Waals surface area contributed by atoms with Crippen molar-refractivity contribution in [1.29, 1.82) is 0 Å². The lowest BCUT2D eigenvalue weighted by molar-refractivity contribution is -0.0306. The Balaban J connectivity index is 1.66. The van der Waals surface area contributed by atoms with Crippen LogP contribution in [0.25, 0.3) is 0 Å². The van der Waals surface area contributed by atoms with Crippen molar-refractivity contribution in [1.82, 2.24) is 9.80 Å². The predicted octanol–water partition coefficient (Wildman–Crippen LogP) is 3.39. The van der Waals surface area contributed by atoms with Crippen molar-refractivity contribution < 1.29 is 4.74 Å². The molecule has 2 fully saturated rings. The van der Waals surface area contributed by atoms with Gasteiger partial charge in [0.1, 0.15) is 0 Å². The van der Waals surface area contributed by atoms with E-state index in [9.17, 15) is 0 Å². The van der Waals surface area contributed by atoms with Crippen molar-refractivity contribution >= 4 is 0 Å². The maximum absolute atomic E-state index is 5.95. The van der Waals surface area contributed by atoms with Crippen molar-refractivity contribution in [3.8, 4) is 0 Å². The Morgan fingerprint density at radius 2 is 1.52 bits per heavy atom. The molecular formula is C18H36N2O. The molecule has 2 heterocycles. The van der Waals surface area contributed by atoms with E-state index in [0.717, 1.165) is 5.92 Å². The maximum Gasteiger partial charge on any atom is 0.0603 e. The summed E-state index contributed by atoms with van der Waals surface area (Å²) in [7, 11) is 0. The average Bonchev–Trinajstić information content (AvgIpc) is 2.40. The summed E-state index contributed by atoms with van der Waals surface area (Å²) in [6.45, 7) is 17.7. The van der Waals surface area contributed by atoms with Gasteiger partial charge in [-0.15, -0.1) is 0 Å². The monoisotopic (exact) mass is 296 g/mol. The van der Waals surface area contributed by atoms with E-state index in [2.05, 4.69) is 44.4 Å². The van der Waals surface area contributed by atoms with E-state index in [0.29, 0.717) is 17.7 Å². The van der Waals surface area contributed by atoms with Crippen LogP contribution < -0.4 is 0 Å². The molecule has 0 saturated carbocycles. The zero-order valence-electron chi connectivity index (χ0n) is 14.9. The van der Waals surface area contributed by atoms with E-state index in [1.807, 2.05) is 0 Å².